The van der Waals surface area contributed by atoms with Crippen LogP contribution in [0.5, 0.6) is 0 Å². The Morgan fingerprint density at radius 2 is 0.690 bits per heavy atom. The first-order valence-electron chi connectivity index (χ1n) is 16.9. The summed E-state index contributed by atoms with van der Waals surface area (Å²) < 4.78 is 20.8. The average Bonchev–Trinajstić information content (AvgIpc) is 3.24. The Morgan fingerprint density at radius 1 is 0.431 bits per heavy atom. The summed E-state index contributed by atoms with van der Waals surface area (Å²) in [6, 6.07) is 11.1. The largest absolute Gasteiger partial charge is 0.478 e. The summed E-state index contributed by atoms with van der Waals surface area (Å²) >= 11 is 0. The summed E-state index contributed by atoms with van der Waals surface area (Å²) in [6.07, 6.45) is 0. The molecule has 326 valence electrons. The standard InChI is InChI=1S/C10H10O4.C9H15N3O6.C8H6O4.C6H14O4.C2H6O2/c1-13-9(11)7-3-5-8(6-4-7)10(12)14-2;13-4-1-10-7(16)11(2-5-14)9(18)12(3-6-15)8(10)17;9-7(10)5-1-2-6(4-3-5)8(11)12;7-1-3-9-5-6-10-4-2-8;3-1-2-4/h3-6H,1-2H3;13-15H,1-6H2;1-4H,(H,9,10)(H,11,12);7-8H,1-6H2;3-4H,1-2H2. The molecule has 0 saturated carbocycles. The number of carbonyl (C=O) groups excluding carboxylic acids is 2. The van der Waals surface area contributed by atoms with E-state index in [1.165, 1.54) is 62.8 Å². The number of rotatable bonds is 18. The first-order valence-corrected chi connectivity index (χ1v) is 16.9. The molecule has 0 radical (unpaired) electrons. The molecule has 23 nitrogen and oxygen atoms in total. The van der Waals surface area contributed by atoms with E-state index in [-0.39, 0.29) is 57.2 Å². The molecule has 0 unspecified atom stereocenters. The first-order chi connectivity index (χ1) is 27.7. The molecule has 0 aliphatic heterocycles. The number of aromatic carboxylic acids is 2. The normalized spacial score (nSPS) is 9.81. The van der Waals surface area contributed by atoms with E-state index in [9.17, 15) is 33.6 Å². The summed E-state index contributed by atoms with van der Waals surface area (Å²) in [6.45, 7) is -0.604. The van der Waals surface area contributed by atoms with E-state index >= 15 is 0 Å². The predicted molar refractivity (Wildman–Crippen MR) is 200 cm³/mol. The highest BCUT2D eigenvalue weighted by Gasteiger charge is 2.14. The molecule has 3 rings (SSSR count). The van der Waals surface area contributed by atoms with Crippen LogP contribution in [0.3, 0.4) is 0 Å². The molecule has 0 aliphatic carbocycles. The topological polar surface area (TPSA) is 353 Å². The van der Waals surface area contributed by atoms with Gasteiger partial charge < -0.3 is 64.9 Å². The minimum Gasteiger partial charge on any atom is -0.478 e. The van der Waals surface area contributed by atoms with Gasteiger partial charge in [0, 0.05) is 0 Å². The lowest BCUT2D eigenvalue weighted by Crippen LogP contribution is -2.55. The quantitative estimate of drug-likeness (QED) is 0.0443. The highest BCUT2D eigenvalue weighted by Crippen LogP contribution is 2.06. The lowest BCUT2D eigenvalue weighted by molar-refractivity contribution is 0.0222. The fourth-order valence-corrected chi connectivity index (χ4v) is 3.74. The smallest absolute Gasteiger partial charge is 0.337 e. The van der Waals surface area contributed by atoms with Crippen molar-refractivity contribution in [2.24, 2.45) is 0 Å². The fourth-order valence-electron chi connectivity index (χ4n) is 3.74. The second kappa shape index (κ2) is 33.5. The van der Waals surface area contributed by atoms with Crippen molar-refractivity contribution in [1.29, 1.82) is 0 Å². The molecule has 0 spiro atoms. The molecule has 0 aliphatic rings. The maximum absolute atomic E-state index is 11.8. The number of carbonyl (C=O) groups is 4. The van der Waals surface area contributed by atoms with Gasteiger partial charge in [-0.25, -0.2) is 47.3 Å². The number of aliphatic hydroxyl groups excluding tert-OH is 7. The monoisotopic (exact) mass is 833 g/mol. The highest BCUT2D eigenvalue weighted by atomic mass is 16.5. The van der Waals surface area contributed by atoms with Crippen LogP contribution in [0.2, 0.25) is 0 Å². The van der Waals surface area contributed by atoms with Crippen molar-refractivity contribution in [2.75, 3.05) is 86.9 Å². The van der Waals surface area contributed by atoms with Gasteiger partial charge in [-0.3, -0.25) is 0 Å². The number of aromatic nitrogens is 3. The van der Waals surface area contributed by atoms with Crippen LogP contribution in [0.15, 0.2) is 62.9 Å². The number of nitrogens with zero attached hydrogens (tertiary/aromatic N) is 3. The van der Waals surface area contributed by atoms with Gasteiger partial charge in [0.25, 0.3) is 0 Å². The maximum Gasteiger partial charge on any atom is 0.337 e. The Bertz CT molecular complexity index is 1600. The fraction of sp³-hybridized carbons (Fsp3) is 0.457. The zero-order valence-electron chi connectivity index (χ0n) is 31.9. The molecule has 0 saturated heterocycles. The summed E-state index contributed by atoms with van der Waals surface area (Å²) in [5, 5.41) is 75.1. The van der Waals surface area contributed by atoms with Crippen LogP contribution >= 0.6 is 0 Å². The van der Waals surface area contributed by atoms with Crippen molar-refractivity contribution in [1.82, 2.24) is 13.7 Å². The van der Waals surface area contributed by atoms with Gasteiger partial charge in [-0.2, -0.15) is 0 Å². The second-order valence-electron chi connectivity index (χ2n) is 10.3. The molecule has 2 aromatic carbocycles. The van der Waals surface area contributed by atoms with Crippen LogP contribution in [0.25, 0.3) is 0 Å². The Morgan fingerprint density at radius 3 is 0.879 bits per heavy atom. The summed E-state index contributed by atoms with van der Waals surface area (Å²) in [5.74, 6) is -2.98. The average molecular weight is 834 g/mol. The van der Waals surface area contributed by atoms with E-state index in [0.717, 1.165) is 0 Å². The molecule has 0 atom stereocenters. The van der Waals surface area contributed by atoms with Crippen molar-refractivity contribution in [3.63, 3.8) is 0 Å². The summed E-state index contributed by atoms with van der Waals surface area (Å²) in [5.41, 5.74) is -1.69. The predicted octanol–water partition coefficient (Wildman–Crippen LogP) is -3.53. The van der Waals surface area contributed by atoms with E-state index < -0.39 is 60.8 Å². The Kier molecular flexibility index (Phi) is 31.5. The van der Waals surface area contributed by atoms with Crippen molar-refractivity contribution in [2.45, 2.75) is 19.6 Å². The first kappa shape index (κ1) is 54.5. The van der Waals surface area contributed by atoms with Crippen molar-refractivity contribution in [3.8, 4) is 0 Å². The molecule has 3 aromatic rings. The second-order valence-corrected chi connectivity index (χ2v) is 10.3. The van der Waals surface area contributed by atoms with Crippen LogP contribution in [0.1, 0.15) is 41.4 Å². The van der Waals surface area contributed by atoms with Crippen LogP contribution < -0.4 is 17.1 Å². The van der Waals surface area contributed by atoms with Crippen LogP contribution in [0, 0.1) is 0 Å². The maximum atomic E-state index is 11.8. The third-order valence-electron chi connectivity index (χ3n) is 6.41. The van der Waals surface area contributed by atoms with Crippen LogP contribution in [0.4, 0.5) is 0 Å². The molecule has 1 aromatic heterocycles. The minimum absolute atomic E-state index is 0.0417. The lowest BCUT2D eigenvalue weighted by Gasteiger charge is -2.11. The number of ether oxygens (including phenoxy) is 4. The van der Waals surface area contributed by atoms with E-state index in [0.29, 0.717) is 51.3 Å². The van der Waals surface area contributed by atoms with Gasteiger partial charge in [0.15, 0.2) is 0 Å². The van der Waals surface area contributed by atoms with Gasteiger partial charge in [0.05, 0.1) is 129 Å². The van der Waals surface area contributed by atoms with Gasteiger partial charge >= 0.3 is 40.9 Å². The Labute approximate surface area is 330 Å². The molecule has 0 bridgehead atoms. The van der Waals surface area contributed by atoms with Crippen molar-refractivity contribution >= 4 is 23.9 Å². The third-order valence-corrected chi connectivity index (χ3v) is 6.41. The molecule has 0 fully saturated rings. The zero-order valence-corrected chi connectivity index (χ0v) is 31.9. The van der Waals surface area contributed by atoms with Crippen molar-refractivity contribution < 1.29 is 84.1 Å². The highest BCUT2D eigenvalue weighted by molar-refractivity contribution is 5.93. The van der Waals surface area contributed by atoms with Gasteiger partial charge in [-0.15, -0.1) is 0 Å². The molecule has 58 heavy (non-hydrogen) atoms. The molecular formula is C35H51N3O20. The molecular weight excluding hydrogens is 782 g/mol. The third kappa shape index (κ3) is 21.6. The SMILES string of the molecule is COC(=O)c1ccc(C(=O)OC)cc1.O=C(O)c1ccc(C(=O)O)cc1.O=c1n(CCO)c(=O)n(CCO)c(=O)n1CCO.OCCO.OCCOCCOCCO. The van der Waals surface area contributed by atoms with Crippen LogP contribution in [-0.4, -0.2) is 170 Å². The molecule has 0 amide bonds. The number of esters is 2. The number of aliphatic hydroxyl groups is 7. The van der Waals surface area contributed by atoms with E-state index in [1.54, 1.807) is 0 Å². The van der Waals surface area contributed by atoms with E-state index in [1.807, 2.05) is 0 Å². The van der Waals surface area contributed by atoms with Gasteiger partial charge in [0.2, 0.25) is 0 Å². The van der Waals surface area contributed by atoms with Crippen molar-refractivity contribution in [3.05, 3.63) is 102 Å². The van der Waals surface area contributed by atoms with Gasteiger partial charge in [-0.1, -0.05) is 0 Å². The number of methoxy groups -OCH3 is 2. The van der Waals surface area contributed by atoms with E-state index in [2.05, 4.69) is 9.47 Å². The number of hydrogen-bond acceptors (Lipinski definition) is 18. The minimum atomic E-state index is -1.06. The number of carboxylic acids is 2. The summed E-state index contributed by atoms with van der Waals surface area (Å²) in [7, 11) is 2.60. The number of carboxylic acid groups (broad SMARTS) is 2. The Hall–Kier alpha value is -5.63. The Balaban J connectivity index is 0. The zero-order chi connectivity index (χ0) is 44.5. The van der Waals surface area contributed by atoms with Crippen LogP contribution in [-0.2, 0) is 38.6 Å². The molecule has 1 heterocycles. The van der Waals surface area contributed by atoms with Gasteiger partial charge in [-0.05, 0) is 48.5 Å². The molecule has 23 heteroatoms. The number of benzene rings is 2. The van der Waals surface area contributed by atoms with Gasteiger partial charge in [0.1, 0.15) is 0 Å². The number of hydrogen-bond donors (Lipinski definition) is 9. The van der Waals surface area contributed by atoms with E-state index in [4.69, 9.17) is 55.4 Å². The summed E-state index contributed by atoms with van der Waals surface area (Å²) in [4.78, 5) is 78.0. The molecule has 9 N–H and O–H groups in total. The lowest BCUT2D eigenvalue weighted by atomic mass is 10.1.